The molecule has 0 aromatic heterocycles. The van der Waals surface area contributed by atoms with Crippen LogP contribution in [0.3, 0.4) is 0 Å². The van der Waals surface area contributed by atoms with Crippen LogP contribution < -0.4 is 20.1 Å². The Labute approximate surface area is 153 Å². The van der Waals surface area contributed by atoms with E-state index >= 15 is 0 Å². The second kappa shape index (κ2) is 9.14. The highest BCUT2D eigenvalue weighted by molar-refractivity contribution is 6.07. The SMILES string of the molecule is CCc1ccc(N/C=C(/C#N)C(=O)Nc2cc(OC)ccc2OC)cc1. The van der Waals surface area contributed by atoms with Gasteiger partial charge in [0.05, 0.1) is 19.9 Å². The summed E-state index contributed by atoms with van der Waals surface area (Å²) in [6.45, 7) is 2.08. The summed E-state index contributed by atoms with van der Waals surface area (Å²) in [6.07, 6.45) is 2.33. The van der Waals surface area contributed by atoms with Gasteiger partial charge in [-0.1, -0.05) is 19.1 Å². The molecular weight excluding hydrogens is 330 g/mol. The lowest BCUT2D eigenvalue weighted by atomic mass is 10.1. The van der Waals surface area contributed by atoms with Gasteiger partial charge in [-0.2, -0.15) is 5.26 Å². The van der Waals surface area contributed by atoms with Crippen LogP contribution in [-0.2, 0) is 11.2 Å². The van der Waals surface area contributed by atoms with Crippen molar-refractivity contribution in [3.8, 4) is 17.6 Å². The van der Waals surface area contributed by atoms with Crippen LogP contribution in [0.2, 0.25) is 0 Å². The number of aryl methyl sites for hydroxylation is 1. The number of methoxy groups -OCH3 is 2. The van der Waals surface area contributed by atoms with Gasteiger partial charge in [-0.15, -0.1) is 0 Å². The highest BCUT2D eigenvalue weighted by Crippen LogP contribution is 2.29. The Kier molecular flexibility index (Phi) is 6.63. The van der Waals surface area contributed by atoms with Crippen LogP contribution in [0.5, 0.6) is 11.5 Å². The molecule has 2 rings (SSSR count). The zero-order valence-corrected chi connectivity index (χ0v) is 15.0. The summed E-state index contributed by atoms with van der Waals surface area (Å²) in [5, 5.41) is 14.9. The fourth-order valence-electron chi connectivity index (χ4n) is 2.24. The molecule has 2 aromatic rings. The molecule has 0 atom stereocenters. The van der Waals surface area contributed by atoms with Crippen molar-refractivity contribution in [3.63, 3.8) is 0 Å². The molecule has 0 aliphatic carbocycles. The molecule has 2 N–H and O–H groups in total. The first kappa shape index (κ1) is 18.9. The Morgan fingerprint density at radius 1 is 1.15 bits per heavy atom. The maximum absolute atomic E-state index is 12.4. The maximum atomic E-state index is 12.4. The predicted molar refractivity (Wildman–Crippen MR) is 101 cm³/mol. The minimum Gasteiger partial charge on any atom is -0.497 e. The van der Waals surface area contributed by atoms with Crippen molar-refractivity contribution in [1.82, 2.24) is 0 Å². The van der Waals surface area contributed by atoms with E-state index in [0.717, 1.165) is 12.1 Å². The van der Waals surface area contributed by atoms with Crippen LogP contribution in [-0.4, -0.2) is 20.1 Å². The molecule has 2 aromatic carbocycles. The van der Waals surface area contributed by atoms with E-state index in [1.165, 1.54) is 26.0 Å². The molecule has 6 heteroatoms. The van der Waals surface area contributed by atoms with Gasteiger partial charge in [0, 0.05) is 18.0 Å². The number of nitrogens with zero attached hydrogens (tertiary/aromatic N) is 1. The Bertz CT molecular complexity index is 836. The lowest BCUT2D eigenvalue weighted by Gasteiger charge is -2.11. The van der Waals surface area contributed by atoms with E-state index < -0.39 is 5.91 Å². The summed E-state index contributed by atoms with van der Waals surface area (Å²) < 4.78 is 10.4. The third-order valence-electron chi connectivity index (χ3n) is 3.77. The minimum atomic E-state index is -0.545. The fourth-order valence-corrected chi connectivity index (χ4v) is 2.24. The second-order valence-corrected chi connectivity index (χ2v) is 5.38. The van der Waals surface area contributed by atoms with Crippen LogP contribution in [0.1, 0.15) is 12.5 Å². The number of hydrogen-bond donors (Lipinski definition) is 2. The number of anilines is 2. The molecule has 0 unspecified atom stereocenters. The highest BCUT2D eigenvalue weighted by Gasteiger charge is 2.13. The number of nitriles is 1. The summed E-state index contributed by atoms with van der Waals surface area (Å²) in [4.78, 5) is 12.4. The molecule has 0 saturated heterocycles. The third kappa shape index (κ3) is 4.77. The number of benzene rings is 2. The van der Waals surface area contributed by atoms with Crippen LogP contribution in [0.25, 0.3) is 0 Å². The summed E-state index contributed by atoms with van der Waals surface area (Å²) in [7, 11) is 3.03. The summed E-state index contributed by atoms with van der Waals surface area (Å²) in [5.41, 5.74) is 2.37. The van der Waals surface area contributed by atoms with Crippen molar-refractivity contribution in [3.05, 3.63) is 59.8 Å². The van der Waals surface area contributed by atoms with Gasteiger partial charge in [-0.05, 0) is 36.2 Å². The van der Waals surface area contributed by atoms with Gasteiger partial charge >= 0.3 is 0 Å². The zero-order chi connectivity index (χ0) is 18.9. The van der Waals surface area contributed by atoms with Crippen molar-refractivity contribution in [2.75, 3.05) is 24.9 Å². The average molecular weight is 351 g/mol. The van der Waals surface area contributed by atoms with Gasteiger partial charge < -0.3 is 20.1 Å². The summed E-state index contributed by atoms with van der Waals surface area (Å²) in [6, 6.07) is 14.7. The summed E-state index contributed by atoms with van der Waals surface area (Å²) >= 11 is 0. The van der Waals surface area contributed by atoms with E-state index in [1.807, 2.05) is 30.3 Å². The van der Waals surface area contributed by atoms with Gasteiger partial charge in [0.1, 0.15) is 23.1 Å². The Hall–Kier alpha value is -3.46. The molecule has 0 bridgehead atoms. The molecule has 0 spiro atoms. The van der Waals surface area contributed by atoms with Gasteiger partial charge in [0.2, 0.25) is 0 Å². The van der Waals surface area contributed by atoms with Gasteiger partial charge in [0.25, 0.3) is 5.91 Å². The highest BCUT2D eigenvalue weighted by atomic mass is 16.5. The number of nitrogens with one attached hydrogen (secondary N) is 2. The Balaban J connectivity index is 2.14. The largest absolute Gasteiger partial charge is 0.497 e. The topological polar surface area (TPSA) is 83.4 Å². The number of ether oxygens (including phenoxy) is 2. The first-order chi connectivity index (χ1) is 12.6. The predicted octanol–water partition coefficient (Wildman–Crippen LogP) is 3.72. The molecule has 26 heavy (non-hydrogen) atoms. The lowest BCUT2D eigenvalue weighted by Crippen LogP contribution is -2.15. The van der Waals surface area contributed by atoms with Crippen LogP contribution >= 0.6 is 0 Å². The molecule has 0 aliphatic rings. The molecule has 1 amide bonds. The molecular formula is C20H21N3O3. The fraction of sp³-hybridized carbons (Fsp3) is 0.200. The normalized spacial score (nSPS) is 10.6. The molecule has 0 radical (unpaired) electrons. The van der Waals surface area contributed by atoms with E-state index in [2.05, 4.69) is 17.6 Å². The van der Waals surface area contributed by atoms with E-state index in [0.29, 0.717) is 17.2 Å². The Morgan fingerprint density at radius 3 is 2.46 bits per heavy atom. The van der Waals surface area contributed by atoms with Crippen molar-refractivity contribution < 1.29 is 14.3 Å². The third-order valence-corrected chi connectivity index (χ3v) is 3.77. The van der Waals surface area contributed by atoms with E-state index in [9.17, 15) is 10.1 Å². The monoisotopic (exact) mass is 351 g/mol. The molecule has 134 valence electrons. The number of amides is 1. The number of rotatable bonds is 7. The van der Waals surface area contributed by atoms with Crippen LogP contribution in [0, 0.1) is 11.3 Å². The van der Waals surface area contributed by atoms with Crippen LogP contribution in [0.15, 0.2) is 54.2 Å². The average Bonchev–Trinajstić information content (AvgIpc) is 2.68. The minimum absolute atomic E-state index is 0.0607. The molecule has 6 nitrogen and oxygen atoms in total. The van der Waals surface area contributed by atoms with Crippen molar-refractivity contribution in [1.29, 1.82) is 5.26 Å². The quantitative estimate of drug-likeness (QED) is 0.587. The van der Waals surface area contributed by atoms with E-state index in [4.69, 9.17) is 9.47 Å². The van der Waals surface area contributed by atoms with Crippen molar-refractivity contribution >= 4 is 17.3 Å². The van der Waals surface area contributed by atoms with Crippen molar-refractivity contribution in [2.45, 2.75) is 13.3 Å². The number of carbonyl (C=O) groups is 1. The Morgan fingerprint density at radius 2 is 1.88 bits per heavy atom. The first-order valence-corrected chi connectivity index (χ1v) is 8.10. The molecule has 0 heterocycles. The van der Waals surface area contributed by atoms with Gasteiger partial charge in [0.15, 0.2) is 0 Å². The molecule has 0 fully saturated rings. The van der Waals surface area contributed by atoms with Gasteiger partial charge in [-0.3, -0.25) is 4.79 Å². The molecule has 0 saturated carbocycles. The van der Waals surface area contributed by atoms with Crippen molar-refractivity contribution in [2.24, 2.45) is 0 Å². The second-order valence-electron chi connectivity index (χ2n) is 5.38. The van der Waals surface area contributed by atoms with Gasteiger partial charge in [-0.25, -0.2) is 0 Å². The first-order valence-electron chi connectivity index (χ1n) is 8.10. The maximum Gasteiger partial charge on any atom is 0.267 e. The smallest absolute Gasteiger partial charge is 0.267 e. The lowest BCUT2D eigenvalue weighted by molar-refractivity contribution is -0.112. The standard InChI is InChI=1S/C20H21N3O3/c1-4-14-5-7-16(8-6-14)22-13-15(12-21)20(24)23-18-11-17(25-2)9-10-19(18)26-3/h5-11,13,22H,4H2,1-3H3,(H,23,24)/b15-13-. The number of carbonyl (C=O) groups excluding carboxylic acids is 1. The van der Waals surface area contributed by atoms with E-state index in [1.54, 1.807) is 18.2 Å². The zero-order valence-electron chi connectivity index (χ0n) is 15.0. The van der Waals surface area contributed by atoms with Crippen LogP contribution in [0.4, 0.5) is 11.4 Å². The summed E-state index contributed by atoms with van der Waals surface area (Å²) in [5.74, 6) is 0.494. The molecule has 0 aliphatic heterocycles. The number of hydrogen-bond acceptors (Lipinski definition) is 5. The van der Waals surface area contributed by atoms with E-state index in [-0.39, 0.29) is 5.57 Å².